The van der Waals surface area contributed by atoms with Gasteiger partial charge in [-0.1, -0.05) is 37.6 Å². The van der Waals surface area contributed by atoms with Crippen molar-refractivity contribution in [2.75, 3.05) is 0 Å². The van der Waals surface area contributed by atoms with Gasteiger partial charge in [0, 0.05) is 23.2 Å². The average Bonchev–Trinajstić information content (AvgIpc) is 2.73. The van der Waals surface area contributed by atoms with Gasteiger partial charge in [-0.25, -0.2) is 4.98 Å². The predicted octanol–water partition coefficient (Wildman–Crippen LogP) is 4.45. The first-order valence-electron chi connectivity index (χ1n) is 10.7. The molecule has 1 aromatic carbocycles. The molecule has 0 saturated heterocycles. The van der Waals surface area contributed by atoms with Gasteiger partial charge in [0.1, 0.15) is 23.4 Å². The van der Waals surface area contributed by atoms with Crippen molar-refractivity contribution in [1.29, 1.82) is 0 Å². The summed E-state index contributed by atoms with van der Waals surface area (Å²) in [6.07, 6.45) is 1.60. The zero-order chi connectivity index (χ0) is 24.3. The summed E-state index contributed by atoms with van der Waals surface area (Å²) in [5, 5.41) is 4.02. The Morgan fingerprint density at radius 2 is 1.82 bits per heavy atom. The summed E-state index contributed by atoms with van der Waals surface area (Å²) in [6, 6.07) is 10.5. The van der Waals surface area contributed by atoms with Crippen LogP contribution >= 0.6 is 11.6 Å². The molecule has 1 N–H and O–H groups in total. The van der Waals surface area contributed by atoms with Gasteiger partial charge in [0.15, 0.2) is 0 Å². The van der Waals surface area contributed by atoms with Gasteiger partial charge in [0.25, 0.3) is 11.5 Å². The predicted molar refractivity (Wildman–Crippen MR) is 129 cm³/mol. The van der Waals surface area contributed by atoms with Gasteiger partial charge in [-0.2, -0.15) is 0 Å². The molecule has 174 valence electrons. The quantitative estimate of drug-likeness (QED) is 0.539. The van der Waals surface area contributed by atoms with Crippen LogP contribution in [0.3, 0.4) is 0 Å². The van der Waals surface area contributed by atoms with E-state index >= 15 is 0 Å². The molecule has 2 heterocycles. The number of halogens is 1. The Kier molecular flexibility index (Phi) is 7.22. The van der Waals surface area contributed by atoms with Crippen LogP contribution in [0.2, 0.25) is 5.02 Å². The molecule has 0 aliphatic carbocycles. The van der Waals surface area contributed by atoms with E-state index in [1.165, 1.54) is 4.57 Å². The number of benzene rings is 1. The van der Waals surface area contributed by atoms with Crippen molar-refractivity contribution in [2.45, 2.75) is 59.2 Å². The summed E-state index contributed by atoms with van der Waals surface area (Å²) in [4.78, 5) is 43.2. The van der Waals surface area contributed by atoms with Crippen LogP contribution in [-0.2, 0) is 22.6 Å². The first-order valence-corrected chi connectivity index (χ1v) is 11.1. The second-order valence-electron chi connectivity index (χ2n) is 9.14. The Bertz CT molecular complexity index is 1240. The van der Waals surface area contributed by atoms with Gasteiger partial charge in [-0.3, -0.25) is 19.0 Å². The van der Waals surface area contributed by atoms with Crippen LogP contribution in [0.1, 0.15) is 62.0 Å². The van der Waals surface area contributed by atoms with E-state index in [9.17, 15) is 14.4 Å². The number of rotatable bonds is 6. The third-order valence-electron chi connectivity index (χ3n) is 4.96. The summed E-state index contributed by atoms with van der Waals surface area (Å²) in [6.45, 7) is 9.16. The molecule has 0 saturated carbocycles. The van der Waals surface area contributed by atoms with Crippen molar-refractivity contribution in [3.63, 3.8) is 0 Å². The Morgan fingerprint density at radius 1 is 1.15 bits per heavy atom. The highest BCUT2D eigenvalue weighted by Crippen LogP contribution is 2.24. The number of hydrogen-bond donors (Lipinski definition) is 1. The molecular weight excluding hydrogens is 442 g/mol. The van der Waals surface area contributed by atoms with E-state index in [4.69, 9.17) is 16.3 Å². The third-order valence-corrected chi connectivity index (χ3v) is 5.21. The van der Waals surface area contributed by atoms with Crippen LogP contribution in [0, 0.1) is 0 Å². The number of carbonyl (C=O) groups is 2. The molecule has 0 unspecified atom stereocenters. The minimum atomic E-state index is -0.708. The van der Waals surface area contributed by atoms with Gasteiger partial charge < -0.3 is 10.1 Å². The molecule has 0 spiro atoms. The Hall–Kier alpha value is -3.19. The van der Waals surface area contributed by atoms with Crippen LogP contribution in [0.5, 0.6) is 0 Å². The minimum Gasteiger partial charge on any atom is -0.459 e. The molecular formula is C25H28ClN3O4. The fourth-order valence-electron chi connectivity index (χ4n) is 3.48. The van der Waals surface area contributed by atoms with Gasteiger partial charge in [0.05, 0.1) is 0 Å². The zero-order valence-corrected chi connectivity index (χ0v) is 20.2. The third kappa shape index (κ3) is 5.99. The first kappa shape index (κ1) is 24.5. The van der Waals surface area contributed by atoms with Crippen molar-refractivity contribution in [3.8, 4) is 0 Å². The van der Waals surface area contributed by atoms with Crippen molar-refractivity contribution >= 4 is 34.5 Å². The maximum atomic E-state index is 13.3. The SMILES string of the molecule is CC(C)c1ccnc2c1cc(C(=O)NCc1ccc(Cl)cc1)c(=O)n2CC(=O)OC(C)(C)C. The monoisotopic (exact) mass is 469 g/mol. The number of fused-ring (bicyclic) bond motifs is 1. The second-order valence-corrected chi connectivity index (χ2v) is 9.57. The number of nitrogens with zero attached hydrogens (tertiary/aromatic N) is 2. The molecule has 0 aliphatic heterocycles. The molecule has 0 aliphatic rings. The van der Waals surface area contributed by atoms with E-state index < -0.39 is 23.0 Å². The van der Waals surface area contributed by atoms with E-state index in [0.29, 0.717) is 16.1 Å². The number of aromatic nitrogens is 2. The number of ether oxygens (including phenoxy) is 1. The lowest BCUT2D eigenvalue weighted by atomic mass is 9.99. The average molecular weight is 470 g/mol. The fourth-order valence-corrected chi connectivity index (χ4v) is 3.61. The molecule has 2 aromatic heterocycles. The highest BCUT2D eigenvalue weighted by atomic mass is 35.5. The van der Waals surface area contributed by atoms with E-state index in [-0.39, 0.29) is 24.6 Å². The number of carbonyl (C=O) groups excluding carboxylic acids is 2. The maximum Gasteiger partial charge on any atom is 0.326 e. The summed E-state index contributed by atoms with van der Waals surface area (Å²) < 4.78 is 6.62. The first-order chi connectivity index (χ1) is 15.5. The van der Waals surface area contributed by atoms with Crippen LogP contribution < -0.4 is 10.9 Å². The molecule has 0 atom stereocenters. The van der Waals surface area contributed by atoms with Crippen molar-refractivity contribution in [3.05, 3.63) is 74.7 Å². The van der Waals surface area contributed by atoms with Crippen molar-refractivity contribution < 1.29 is 14.3 Å². The minimum absolute atomic E-state index is 0.0603. The van der Waals surface area contributed by atoms with Gasteiger partial charge in [-0.15, -0.1) is 0 Å². The molecule has 8 heteroatoms. The molecule has 0 fully saturated rings. The number of hydrogen-bond acceptors (Lipinski definition) is 5. The van der Waals surface area contributed by atoms with Crippen molar-refractivity contribution in [2.24, 2.45) is 0 Å². The molecule has 0 radical (unpaired) electrons. The summed E-state index contributed by atoms with van der Waals surface area (Å²) >= 11 is 5.91. The Balaban J connectivity index is 2.04. The highest BCUT2D eigenvalue weighted by molar-refractivity contribution is 6.30. The standard InChI is InChI=1S/C25H28ClN3O4/c1-15(2)18-10-11-27-22-19(18)12-20(23(31)28-13-16-6-8-17(26)9-7-16)24(32)29(22)14-21(30)33-25(3,4)5/h6-12,15H,13-14H2,1-5H3,(H,28,31). The lowest BCUT2D eigenvalue weighted by Crippen LogP contribution is -2.36. The Morgan fingerprint density at radius 3 is 2.42 bits per heavy atom. The van der Waals surface area contributed by atoms with E-state index in [1.807, 2.05) is 19.9 Å². The van der Waals surface area contributed by atoms with Crippen molar-refractivity contribution in [1.82, 2.24) is 14.9 Å². The highest BCUT2D eigenvalue weighted by Gasteiger charge is 2.22. The molecule has 7 nitrogen and oxygen atoms in total. The number of pyridine rings is 2. The molecule has 33 heavy (non-hydrogen) atoms. The summed E-state index contributed by atoms with van der Waals surface area (Å²) in [7, 11) is 0. The van der Waals surface area contributed by atoms with E-state index in [1.54, 1.807) is 57.3 Å². The van der Waals surface area contributed by atoms with Crippen LogP contribution in [0.15, 0.2) is 47.4 Å². The fraction of sp³-hybridized carbons (Fsp3) is 0.360. The normalized spacial score (nSPS) is 11.6. The molecule has 3 rings (SSSR count). The summed E-state index contributed by atoms with van der Waals surface area (Å²) in [5.41, 5.74) is 0.731. The molecule has 0 bridgehead atoms. The van der Waals surface area contributed by atoms with Gasteiger partial charge in [-0.05, 0) is 62.1 Å². The second kappa shape index (κ2) is 9.75. The smallest absolute Gasteiger partial charge is 0.326 e. The maximum absolute atomic E-state index is 13.3. The van der Waals surface area contributed by atoms with Gasteiger partial charge >= 0.3 is 5.97 Å². The number of amides is 1. The Labute approximate surface area is 197 Å². The number of nitrogens with one attached hydrogen (secondary N) is 1. The molecule has 1 amide bonds. The van der Waals surface area contributed by atoms with E-state index in [0.717, 1.165) is 11.1 Å². The zero-order valence-electron chi connectivity index (χ0n) is 19.4. The van der Waals surface area contributed by atoms with Crippen LogP contribution in [-0.4, -0.2) is 27.0 Å². The van der Waals surface area contributed by atoms with Crippen LogP contribution in [0.4, 0.5) is 0 Å². The lowest BCUT2D eigenvalue weighted by Gasteiger charge is -2.21. The largest absolute Gasteiger partial charge is 0.459 e. The topological polar surface area (TPSA) is 90.3 Å². The van der Waals surface area contributed by atoms with Crippen LogP contribution in [0.25, 0.3) is 11.0 Å². The molecule has 3 aromatic rings. The number of esters is 1. The lowest BCUT2D eigenvalue weighted by molar-refractivity contribution is -0.155. The van der Waals surface area contributed by atoms with E-state index in [2.05, 4.69) is 10.3 Å². The van der Waals surface area contributed by atoms with Gasteiger partial charge in [0.2, 0.25) is 0 Å². The summed E-state index contributed by atoms with van der Waals surface area (Å²) in [5.74, 6) is -0.998.